The van der Waals surface area contributed by atoms with Crippen molar-refractivity contribution in [2.45, 2.75) is 58.4 Å². The summed E-state index contributed by atoms with van der Waals surface area (Å²) in [5.41, 5.74) is 1.05. The Bertz CT molecular complexity index is 1090. The van der Waals surface area contributed by atoms with Crippen molar-refractivity contribution >= 4 is 18.9 Å². The molecule has 198 valence electrons. The molecule has 37 heavy (non-hydrogen) atoms. The van der Waals surface area contributed by atoms with Gasteiger partial charge in [0.05, 0.1) is 25.0 Å². The van der Waals surface area contributed by atoms with Gasteiger partial charge in [0.2, 0.25) is 11.8 Å². The van der Waals surface area contributed by atoms with E-state index in [-0.39, 0.29) is 37.0 Å². The number of rotatable bonds is 12. The molecule has 4 N–H and O–H groups in total. The molecule has 0 aliphatic carbocycles. The summed E-state index contributed by atoms with van der Waals surface area (Å²) in [6, 6.07) is 15.5. The van der Waals surface area contributed by atoms with Crippen LogP contribution in [0.4, 0.5) is 4.39 Å². The maximum Gasteiger partial charge on any atom is 0.475 e. The molecule has 0 aromatic heterocycles. The van der Waals surface area contributed by atoms with Crippen LogP contribution in [0.1, 0.15) is 45.2 Å². The number of nitrogens with zero attached hydrogens (tertiary/aromatic N) is 1. The second kappa shape index (κ2) is 13.8. The van der Waals surface area contributed by atoms with E-state index >= 15 is 0 Å². The molecule has 0 radical (unpaired) electrons. The zero-order valence-corrected chi connectivity index (χ0v) is 21.7. The van der Waals surface area contributed by atoms with Crippen LogP contribution in [0.2, 0.25) is 0 Å². The highest BCUT2D eigenvalue weighted by Gasteiger charge is 2.28. The van der Waals surface area contributed by atoms with E-state index in [2.05, 4.69) is 16.7 Å². The third-order valence-electron chi connectivity index (χ3n) is 5.63. The number of ether oxygens (including phenoxy) is 1. The molecule has 0 aliphatic rings. The predicted molar refractivity (Wildman–Crippen MR) is 139 cm³/mol. The molecule has 0 saturated heterocycles. The summed E-state index contributed by atoms with van der Waals surface area (Å²) < 4.78 is 19.8. The number of hydrogen-bond donors (Lipinski definition) is 4. The number of hydrogen-bond acceptors (Lipinski definition) is 6. The summed E-state index contributed by atoms with van der Waals surface area (Å²) in [4.78, 5) is 24.8. The quantitative estimate of drug-likeness (QED) is 0.324. The second-order valence-electron chi connectivity index (χ2n) is 10.2. The lowest BCUT2D eigenvalue weighted by Crippen LogP contribution is -2.48. The highest BCUT2D eigenvalue weighted by molar-refractivity contribution is 6.43. The topological polar surface area (TPSA) is 132 Å². The molecule has 10 heteroatoms. The van der Waals surface area contributed by atoms with E-state index in [1.54, 1.807) is 13.0 Å². The van der Waals surface area contributed by atoms with Gasteiger partial charge in [-0.05, 0) is 62.8 Å². The normalized spacial score (nSPS) is 13.6. The average Bonchev–Trinajstić information content (AvgIpc) is 2.80. The van der Waals surface area contributed by atoms with Gasteiger partial charge >= 0.3 is 7.12 Å². The van der Waals surface area contributed by atoms with Crippen molar-refractivity contribution in [2.75, 3.05) is 6.61 Å². The average molecular weight is 511 g/mol. The monoisotopic (exact) mass is 511 g/mol. The third kappa shape index (κ3) is 10.2. The number of amides is 2. The van der Waals surface area contributed by atoms with Crippen molar-refractivity contribution in [3.63, 3.8) is 0 Å². The van der Waals surface area contributed by atoms with Crippen LogP contribution in [0.15, 0.2) is 48.5 Å². The standard InChI is InChI=1S/C27H35BFN3O5/c1-18(21(17-30)26(34)32-27(2,3)4)14-20-10-11-22(29)23(15-20)37-13-12-25(33)31-24(28(35)36)16-19-8-6-5-7-9-19/h5-11,15,18,21,24,35-36H,12-14,16H2,1-4H3,(H,31,33)(H,32,34)/t18?,21?,24-/m0/s1. The van der Waals surface area contributed by atoms with E-state index in [4.69, 9.17) is 4.74 Å². The second-order valence-corrected chi connectivity index (χ2v) is 10.2. The largest absolute Gasteiger partial charge is 0.490 e. The highest BCUT2D eigenvalue weighted by atomic mass is 19.1. The molecule has 0 bridgehead atoms. The van der Waals surface area contributed by atoms with Crippen LogP contribution in [0, 0.1) is 29.0 Å². The summed E-state index contributed by atoms with van der Waals surface area (Å²) >= 11 is 0. The van der Waals surface area contributed by atoms with E-state index < -0.39 is 36.2 Å². The Hall–Kier alpha value is -3.42. The maximum absolute atomic E-state index is 14.3. The summed E-state index contributed by atoms with van der Waals surface area (Å²) in [5, 5.41) is 34.2. The minimum Gasteiger partial charge on any atom is -0.490 e. The number of carbonyl (C=O) groups excluding carboxylic acids is 2. The summed E-state index contributed by atoms with van der Waals surface area (Å²) in [6.07, 6.45) is 0.460. The molecular formula is C27H35BFN3O5. The Labute approximate surface area is 218 Å². The van der Waals surface area contributed by atoms with E-state index in [1.807, 2.05) is 51.1 Å². The number of carbonyl (C=O) groups is 2. The fraction of sp³-hybridized carbons (Fsp3) is 0.444. The number of nitrogens with one attached hydrogen (secondary N) is 2. The molecule has 2 aromatic carbocycles. The van der Waals surface area contributed by atoms with Crippen LogP contribution in [0.3, 0.4) is 0 Å². The Morgan fingerprint density at radius 1 is 1.11 bits per heavy atom. The van der Waals surface area contributed by atoms with Crippen LogP contribution < -0.4 is 15.4 Å². The van der Waals surface area contributed by atoms with Gasteiger partial charge in [0.1, 0.15) is 5.92 Å². The molecule has 0 heterocycles. The van der Waals surface area contributed by atoms with Crippen LogP contribution in [0.25, 0.3) is 0 Å². The molecular weight excluding hydrogens is 476 g/mol. The Kier molecular flexibility index (Phi) is 11.1. The number of halogens is 1. The zero-order valence-electron chi connectivity index (χ0n) is 21.7. The van der Waals surface area contributed by atoms with Crippen molar-refractivity contribution in [2.24, 2.45) is 11.8 Å². The molecule has 2 rings (SSSR count). The molecule has 0 saturated carbocycles. The lowest BCUT2D eigenvalue weighted by molar-refractivity contribution is -0.126. The smallest absolute Gasteiger partial charge is 0.475 e. The van der Waals surface area contributed by atoms with Gasteiger partial charge in [-0.2, -0.15) is 5.26 Å². The molecule has 8 nitrogen and oxygen atoms in total. The van der Waals surface area contributed by atoms with Gasteiger partial charge in [0.15, 0.2) is 11.6 Å². The Balaban J connectivity index is 1.93. The van der Waals surface area contributed by atoms with Crippen molar-refractivity contribution < 1.29 is 28.8 Å². The molecule has 0 fully saturated rings. The van der Waals surface area contributed by atoms with Crippen molar-refractivity contribution in [3.05, 3.63) is 65.5 Å². The van der Waals surface area contributed by atoms with E-state index in [1.165, 1.54) is 12.1 Å². The first kappa shape index (κ1) is 29.8. The Morgan fingerprint density at radius 2 is 1.78 bits per heavy atom. The van der Waals surface area contributed by atoms with Gasteiger partial charge in [-0.15, -0.1) is 0 Å². The summed E-state index contributed by atoms with van der Waals surface area (Å²) in [5.74, 6) is -3.59. The molecule has 2 aromatic rings. The van der Waals surface area contributed by atoms with Gasteiger partial charge in [-0.3, -0.25) is 9.59 Å². The van der Waals surface area contributed by atoms with E-state index in [0.29, 0.717) is 12.0 Å². The van der Waals surface area contributed by atoms with E-state index in [0.717, 1.165) is 5.56 Å². The van der Waals surface area contributed by atoms with Crippen LogP contribution >= 0.6 is 0 Å². The Morgan fingerprint density at radius 3 is 2.38 bits per heavy atom. The summed E-state index contributed by atoms with van der Waals surface area (Å²) in [6.45, 7) is 7.16. The number of benzene rings is 2. The van der Waals surface area contributed by atoms with E-state index in [9.17, 15) is 29.3 Å². The zero-order chi connectivity index (χ0) is 27.6. The fourth-order valence-corrected chi connectivity index (χ4v) is 3.80. The predicted octanol–water partition coefficient (Wildman–Crippen LogP) is 2.57. The molecule has 0 aliphatic heterocycles. The van der Waals surface area contributed by atoms with Crippen molar-refractivity contribution in [1.29, 1.82) is 5.26 Å². The van der Waals surface area contributed by atoms with Gasteiger partial charge in [-0.25, -0.2) is 4.39 Å². The van der Waals surface area contributed by atoms with Crippen molar-refractivity contribution in [3.8, 4) is 11.8 Å². The van der Waals surface area contributed by atoms with Crippen LogP contribution in [-0.2, 0) is 22.4 Å². The van der Waals surface area contributed by atoms with Gasteiger partial charge in [0.25, 0.3) is 0 Å². The first-order valence-corrected chi connectivity index (χ1v) is 12.2. The molecule has 3 atom stereocenters. The van der Waals surface area contributed by atoms with Crippen LogP contribution in [0.5, 0.6) is 5.75 Å². The van der Waals surface area contributed by atoms with Gasteiger partial charge in [0, 0.05) is 5.54 Å². The van der Waals surface area contributed by atoms with Crippen LogP contribution in [-0.4, -0.2) is 47.1 Å². The highest BCUT2D eigenvalue weighted by Crippen LogP contribution is 2.24. The first-order valence-electron chi connectivity index (χ1n) is 12.2. The van der Waals surface area contributed by atoms with Gasteiger partial charge < -0.3 is 25.4 Å². The first-order chi connectivity index (χ1) is 17.4. The SMILES string of the molecule is CC(Cc1ccc(F)c(OCCC(=O)N[C@@H](Cc2ccccc2)B(O)O)c1)C(C#N)C(=O)NC(C)(C)C. The lowest BCUT2D eigenvalue weighted by Gasteiger charge is -2.25. The number of nitriles is 1. The summed E-state index contributed by atoms with van der Waals surface area (Å²) in [7, 11) is -1.75. The minimum atomic E-state index is -1.75. The molecule has 2 amide bonds. The van der Waals surface area contributed by atoms with Crippen molar-refractivity contribution in [1.82, 2.24) is 10.6 Å². The molecule has 2 unspecified atom stereocenters. The fourth-order valence-electron chi connectivity index (χ4n) is 3.80. The maximum atomic E-state index is 14.3. The van der Waals surface area contributed by atoms with Gasteiger partial charge in [-0.1, -0.05) is 43.3 Å². The lowest BCUT2D eigenvalue weighted by atomic mass is 9.76. The third-order valence-corrected chi connectivity index (χ3v) is 5.63. The minimum absolute atomic E-state index is 0.0480. The molecule has 0 spiro atoms.